The Labute approximate surface area is 99.2 Å². The zero-order valence-corrected chi connectivity index (χ0v) is 9.98. The van der Waals surface area contributed by atoms with E-state index in [1.165, 1.54) is 12.3 Å². The lowest BCUT2D eigenvalue weighted by Gasteiger charge is -2.17. The monoisotopic (exact) mass is 237 g/mol. The first-order chi connectivity index (χ1) is 7.79. The number of aromatic nitrogens is 1. The van der Waals surface area contributed by atoms with Crippen LogP contribution in [0.2, 0.25) is 0 Å². The van der Waals surface area contributed by atoms with Crippen molar-refractivity contribution in [1.29, 1.82) is 0 Å². The average Bonchev–Trinajstić information content (AvgIpc) is 2.18. The fraction of sp³-hybridized carbons (Fsp3) is 0.364. The third-order valence-electron chi connectivity index (χ3n) is 1.88. The fourth-order valence-electron chi connectivity index (χ4n) is 0.936. The molecule has 17 heavy (non-hydrogen) atoms. The molecule has 2 amide bonds. The van der Waals surface area contributed by atoms with Crippen LogP contribution in [-0.4, -0.2) is 17.0 Å². The van der Waals surface area contributed by atoms with Crippen molar-refractivity contribution in [3.8, 4) is 5.88 Å². The van der Waals surface area contributed by atoms with Crippen LogP contribution in [0.4, 0.5) is 10.5 Å². The summed E-state index contributed by atoms with van der Waals surface area (Å²) in [4.78, 5) is 25.9. The Hall–Kier alpha value is -2.11. The van der Waals surface area contributed by atoms with E-state index in [4.69, 9.17) is 5.73 Å². The number of hydrogen-bond acceptors (Lipinski definition) is 4. The molecular formula is C11H15N3O3. The van der Waals surface area contributed by atoms with Gasteiger partial charge in [0.1, 0.15) is 0 Å². The molecule has 0 aliphatic heterocycles. The molecule has 3 N–H and O–H groups in total. The summed E-state index contributed by atoms with van der Waals surface area (Å²) in [6, 6.07) is 3.03. The number of primary amides is 1. The number of ether oxygens (including phenoxy) is 1. The fourth-order valence-corrected chi connectivity index (χ4v) is 0.936. The molecule has 0 bridgehead atoms. The summed E-state index contributed by atoms with van der Waals surface area (Å²) in [7, 11) is 0. The summed E-state index contributed by atoms with van der Waals surface area (Å²) >= 11 is 0. The van der Waals surface area contributed by atoms with Crippen molar-refractivity contribution in [3.05, 3.63) is 18.3 Å². The maximum atomic E-state index is 11.7. The maximum Gasteiger partial charge on any atom is 0.411 e. The van der Waals surface area contributed by atoms with Gasteiger partial charge in [-0.3, -0.25) is 4.79 Å². The van der Waals surface area contributed by atoms with E-state index < -0.39 is 11.5 Å². The highest BCUT2D eigenvalue weighted by Crippen LogP contribution is 2.18. The predicted molar refractivity (Wildman–Crippen MR) is 62.5 cm³/mol. The van der Waals surface area contributed by atoms with E-state index in [-0.39, 0.29) is 11.8 Å². The Morgan fingerprint density at radius 2 is 2.00 bits per heavy atom. The van der Waals surface area contributed by atoms with E-state index >= 15 is 0 Å². The molecule has 0 aliphatic rings. The lowest BCUT2D eigenvalue weighted by Crippen LogP contribution is -2.27. The van der Waals surface area contributed by atoms with Gasteiger partial charge in [-0.1, -0.05) is 20.8 Å². The average molecular weight is 237 g/mol. The number of carbonyl (C=O) groups excluding carboxylic acids is 2. The number of rotatable bonds is 2. The lowest BCUT2D eigenvalue weighted by molar-refractivity contribution is -0.123. The van der Waals surface area contributed by atoms with Crippen LogP contribution in [0.15, 0.2) is 18.3 Å². The van der Waals surface area contributed by atoms with E-state index in [0.717, 1.165) is 0 Å². The number of anilines is 1. The van der Waals surface area contributed by atoms with Gasteiger partial charge in [-0.2, -0.15) is 0 Å². The van der Waals surface area contributed by atoms with Crippen LogP contribution < -0.4 is 15.8 Å². The number of pyridine rings is 1. The number of nitrogens with zero attached hydrogens (tertiary/aromatic N) is 1. The van der Waals surface area contributed by atoms with Crippen LogP contribution in [0, 0.1) is 5.41 Å². The molecule has 0 aromatic carbocycles. The second-order valence-electron chi connectivity index (χ2n) is 4.51. The van der Waals surface area contributed by atoms with E-state index in [1.54, 1.807) is 26.8 Å². The van der Waals surface area contributed by atoms with Crippen LogP contribution in [-0.2, 0) is 4.79 Å². The Kier molecular flexibility index (Phi) is 3.67. The van der Waals surface area contributed by atoms with Crippen molar-refractivity contribution < 1.29 is 14.3 Å². The van der Waals surface area contributed by atoms with Gasteiger partial charge in [0.15, 0.2) is 0 Å². The topological polar surface area (TPSA) is 94.3 Å². The number of nitrogens with one attached hydrogen (secondary N) is 1. The number of amides is 2. The number of hydrogen-bond donors (Lipinski definition) is 2. The first-order valence-electron chi connectivity index (χ1n) is 5.04. The highest BCUT2D eigenvalue weighted by Gasteiger charge is 2.21. The molecular weight excluding hydrogens is 222 g/mol. The largest absolute Gasteiger partial charge is 0.411 e. The highest BCUT2D eigenvalue weighted by atomic mass is 16.6. The highest BCUT2D eigenvalue weighted by molar-refractivity contribution is 5.94. The van der Waals surface area contributed by atoms with Gasteiger partial charge in [0.25, 0.3) is 0 Å². The van der Waals surface area contributed by atoms with Gasteiger partial charge in [-0.25, -0.2) is 9.78 Å². The third-order valence-corrected chi connectivity index (χ3v) is 1.88. The van der Waals surface area contributed by atoms with E-state index in [9.17, 15) is 9.59 Å². The van der Waals surface area contributed by atoms with Crippen molar-refractivity contribution in [2.45, 2.75) is 20.8 Å². The number of nitrogens with two attached hydrogens (primary N) is 1. The van der Waals surface area contributed by atoms with E-state index in [2.05, 4.69) is 15.0 Å². The summed E-state index contributed by atoms with van der Waals surface area (Å²) in [6.07, 6.45) is 0.464. The third kappa shape index (κ3) is 4.10. The molecule has 0 spiro atoms. The molecule has 0 atom stereocenters. The molecule has 1 heterocycles. The summed E-state index contributed by atoms with van der Waals surface area (Å²) < 4.78 is 4.56. The molecule has 0 saturated heterocycles. The van der Waals surface area contributed by atoms with Crippen LogP contribution in [0.25, 0.3) is 0 Å². The smallest absolute Gasteiger partial charge is 0.391 e. The Balaban J connectivity index is 2.69. The Morgan fingerprint density at radius 3 is 2.41 bits per heavy atom. The van der Waals surface area contributed by atoms with Crippen LogP contribution in [0.5, 0.6) is 5.88 Å². The molecule has 0 radical (unpaired) electrons. The molecule has 1 aromatic rings. The summed E-state index contributed by atoms with van der Waals surface area (Å²) in [5, 5.41) is 2.69. The summed E-state index contributed by atoms with van der Waals surface area (Å²) in [5.41, 5.74) is 4.88. The summed E-state index contributed by atoms with van der Waals surface area (Å²) in [5.74, 6) is -0.0332. The molecule has 1 rings (SSSR count). The van der Waals surface area contributed by atoms with Gasteiger partial charge in [0.2, 0.25) is 11.8 Å². The van der Waals surface area contributed by atoms with Crippen molar-refractivity contribution in [3.63, 3.8) is 0 Å². The SMILES string of the molecule is CC(C)(C)C(=O)Nc1ccc(OC(N)=O)nc1. The second kappa shape index (κ2) is 4.82. The lowest BCUT2D eigenvalue weighted by atomic mass is 9.96. The molecule has 0 aliphatic carbocycles. The van der Waals surface area contributed by atoms with Crippen molar-refractivity contribution in [2.24, 2.45) is 11.1 Å². The van der Waals surface area contributed by atoms with Crippen LogP contribution >= 0.6 is 0 Å². The van der Waals surface area contributed by atoms with Crippen LogP contribution in [0.1, 0.15) is 20.8 Å². The first-order valence-corrected chi connectivity index (χ1v) is 5.04. The van der Waals surface area contributed by atoms with Crippen molar-refractivity contribution in [2.75, 3.05) is 5.32 Å². The van der Waals surface area contributed by atoms with E-state index in [0.29, 0.717) is 5.69 Å². The molecule has 1 aromatic heterocycles. The molecule has 6 nitrogen and oxygen atoms in total. The summed E-state index contributed by atoms with van der Waals surface area (Å²) in [6.45, 7) is 5.42. The van der Waals surface area contributed by atoms with Gasteiger partial charge < -0.3 is 15.8 Å². The minimum Gasteiger partial charge on any atom is -0.391 e. The molecule has 0 unspecified atom stereocenters. The molecule has 92 valence electrons. The minimum atomic E-state index is -0.927. The van der Waals surface area contributed by atoms with Crippen molar-refractivity contribution in [1.82, 2.24) is 4.98 Å². The normalized spacial score (nSPS) is 10.8. The second-order valence-corrected chi connectivity index (χ2v) is 4.51. The Bertz CT molecular complexity index is 421. The quantitative estimate of drug-likeness (QED) is 0.815. The van der Waals surface area contributed by atoms with Gasteiger partial charge >= 0.3 is 6.09 Å². The maximum absolute atomic E-state index is 11.7. The van der Waals surface area contributed by atoms with Crippen molar-refractivity contribution >= 4 is 17.7 Å². The standard InChI is InChI=1S/C11H15N3O3/c1-11(2,3)9(15)14-7-4-5-8(13-6-7)17-10(12)16/h4-6H,1-3H3,(H2,12,16)(H,14,15). The first kappa shape index (κ1) is 13.0. The van der Waals surface area contributed by atoms with Crippen LogP contribution in [0.3, 0.4) is 0 Å². The van der Waals surface area contributed by atoms with Gasteiger partial charge in [0.05, 0.1) is 11.9 Å². The zero-order chi connectivity index (χ0) is 13.1. The zero-order valence-electron chi connectivity index (χ0n) is 9.98. The minimum absolute atomic E-state index is 0.0891. The number of carbonyl (C=O) groups is 2. The van der Waals surface area contributed by atoms with Gasteiger partial charge in [-0.15, -0.1) is 0 Å². The van der Waals surface area contributed by atoms with Gasteiger partial charge in [-0.05, 0) is 6.07 Å². The Morgan fingerprint density at radius 1 is 1.35 bits per heavy atom. The molecule has 6 heteroatoms. The molecule has 0 fully saturated rings. The van der Waals surface area contributed by atoms with E-state index in [1.807, 2.05) is 0 Å². The molecule has 0 saturated carbocycles. The van der Waals surface area contributed by atoms with Gasteiger partial charge in [0, 0.05) is 11.5 Å². The predicted octanol–water partition coefficient (Wildman–Crippen LogP) is 1.52.